The molecule has 2 heterocycles. The maximum atomic E-state index is 9.47. The Balaban J connectivity index is 2.35. The Bertz CT molecular complexity index is 541. The Morgan fingerprint density at radius 3 is 2.80 bits per heavy atom. The molecular weight excluding hydrogens is 258 g/mol. The molecule has 0 aliphatic heterocycles. The first-order valence-corrected chi connectivity index (χ1v) is 6.47. The standard InChI is InChI=1S/C12H19N7O/c1-4-14-10-15-11(18(3)7-9(2)20)17-12(16-10)19-6-5-13-8-19/h5-6,8-9,20H,4,7H2,1-3H3,(H,14,15,16,17). The van der Waals surface area contributed by atoms with E-state index < -0.39 is 6.10 Å². The molecule has 20 heavy (non-hydrogen) atoms. The summed E-state index contributed by atoms with van der Waals surface area (Å²) in [5, 5.41) is 12.5. The zero-order valence-electron chi connectivity index (χ0n) is 11.9. The van der Waals surface area contributed by atoms with Gasteiger partial charge in [-0.3, -0.25) is 4.57 Å². The topological polar surface area (TPSA) is 92.0 Å². The number of hydrogen-bond donors (Lipinski definition) is 2. The van der Waals surface area contributed by atoms with Gasteiger partial charge in [-0.2, -0.15) is 15.0 Å². The summed E-state index contributed by atoms with van der Waals surface area (Å²) in [4.78, 5) is 18.8. The van der Waals surface area contributed by atoms with Crippen LogP contribution in [0.5, 0.6) is 0 Å². The fraction of sp³-hybridized carbons (Fsp3) is 0.500. The van der Waals surface area contributed by atoms with Gasteiger partial charge in [-0.25, -0.2) is 4.98 Å². The van der Waals surface area contributed by atoms with Gasteiger partial charge >= 0.3 is 0 Å². The molecule has 0 amide bonds. The highest BCUT2D eigenvalue weighted by Gasteiger charge is 2.12. The number of rotatable bonds is 6. The molecule has 108 valence electrons. The molecule has 0 radical (unpaired) electrons. The third kappa shape index (κ3) is 3.41. The van der Waals surface area contributed by atoms with Crippen LogP contribution in [0.4, 0.5) is 11.9 Å². The number of aliphatic hydroxyl groups excluding tert-OH is 1. The van der Waals surface area contributed by atoms with E-state index in [4.69, 9.17) is 0 Å². The highest BCUT2D eigenvalue weighted by molar-refractivity contribution is 5.39. The molecule has 0 saturated carbocycles. The van der Waals surface area contributed by atoms with Gasteiger partial charge in [0.25, 0.3) is 0 Å². The van der Waals surface area contributed by atoms with Gasteiger partial charge in [0.2, 0.25) is 17.8 Å². The van der Waals surface area contributed by atoms with Crippen molar-refractivity contribution in [2.45, 2.75) is 20.0 Å². The van der Waals surface area contributed by atoms with Gasteiger partial charge in [0.05, 0.1) is 6.10 Å². The molecule has 0 bridgehead atoms. The summed E-state index contributed by atoms with van der Waals surface area (Å²) >= 11 is 0. The lowest BCUT2D eigenvalue weighted by atomic mass is 10.4. The average molecular weight is 277 g/mol. The van der Waals surface area contributed by atoms with E-state index in [1.807, 2.05) is 14.0 Å². The van der Waals surface area contributed by atoms with Gasteiger partial charge in [0.15, 0.2) is 0 Å². The van der Waals surface area contributed by atoms with E-state index in [1.165, 1.54) is 0 Å². The second-order valence-electron chi connectivity index (χ2n) is 4.49. The summed E-state index contributed by atoms with van der Waals surface area (Å²) in [5.74, 6) is 1.49. The van der Waals surface area contributed by atoms with Crippen molar-refractivity contribution >= 4 is 11.9 Å². The van der Waals surface area contributed by atoms with Crippen LogP contribution in [0.1, 0.15) is 13.8 Å². The summed E-state index contributed by atoms with van der Waals surface area (Å²) in [7, 11) is 1.83. The number of hydrogen-bond acceptors (Lipinski definition) is 7. The van der Waals surface area contributed by atoms with E-state index in [-0.39, 0.29) is 0 Å². The van der Waals surface area contributed by atoms with Crippen LogP contribution in [-0.4, -0.2) is 55.9 Å². The number of nitrogens with one attached hydrogen (secondary N) is 1. The van der Waals surface area contributed by atoms with Gasteiger partial charge in [0, 0.05) is 32.5 Å². The van der Waals surface area contributed by atoms with Crippen molar-refractivity contribution in [3.05, 3.63) is 18.7 Å². The van der Waals surface area contributed by atoms with Crippen molar-refractivity contribution in [3.63, 3.8) is 0 Å². The number of anilines is 2. The minimum atomic E-state index is -0.462. The first kappa shape index (κ1) is 14.2. The van der Waals surface area contributed by atoms with Crippen LogP contribution < -0.4 is 10.2 Å². The summed E-state index contributed by atoms with van der Waals surface area (Å²) in [6.07, 6.45) is 4.60. The molecular formula is C12H19N7O. The third-order valence-electron chi connectivity index (χ3n) is 2.56. The van der Waals surface area contributed by atoms with Gasteiger partial charge in [-0.1, -0.05) is 0 Å². The second-order valence-corrected chi connectivity index (χ2v) is 4.49. The smallest absolute Gasteiger partial charge is 0.241 e. The lowest BCUT2D eigenvalue weighted by molar-refractivity contribution is 0.201. The lowest BCUT2D eigenvalue weighted by Crippen LogP contribution is -2.29. The fourth-order valence-electron chi connectivity index (χ4n) is 1.73. The van der Waals surface area contributed by atoms with Crippen LogP contribution in [0.3, 0.4) is 0 Å². The Kier molecular flexibility index (Phi) is 4.46. The first-order chi connectivity index (χ1) is 9.60. The van der Waals surface area contributed by atoms with Crippen molar-refractivity contribution in [2.75, 3.05) is 30.4 Å². The number of imidazole rings is 1. The maximum Gasteiger partial charge on any atom is 0.241 e. The van der Waals surface area contributed by atoms with Gasteiger partial charge < -0.3 is 15.3 Å². The van der Waals surface area contributed by atoms with Crippen molar-refractivity contribution < 1.29 is 5.11 Å². The number of likely N-dealkylation sites (N-methyl/N-ethyl adjacent to an activating group) is 1. The Morgan fingerprint density at radius 1 is 1.40 bits per heavy atom. The Morgan fingerprint density at radius 2 is 2.20 bits per heavy atom. The molecule has 0 aliphatic carbocycles. The molecule has 0 aromatic carbocycles. The summed E-state index contributed by atoms with van der Waals surface area (Å²) in [5.41, 5.74) is 0. The minimum Gasteiger partial charge on any atom is -0.392 e. The number of nitrogens with zero attached hydrogens (tertiary/aromatic N) is 6. The normalized spacial score (nSPS) is 12.2. The molecule has 8 nitrogen and oxygen atoms in total. The lowest BCUT2D eigenvalue weighted by Gasteiger charge is -2.19. The van der Waals surface area contributed by atoms with Crippen molar-refractivity contribution in [3.8, 4) is 5.95 Å². The zero-order chi connectivity index (χ0) is 14.5. The zero-order valence-corrected chi connectivity index (χ0v) is 11.9. The number of aliphatic hydroxyl groups is 1. The highest BCUT2D eigenvalue weighted by atomic mass is 16.3. The number of aromatic nitrogens is 5. The molecule has 0 aliphatic rings. The van der Waals surface area contributed by atoms with Crippen molar-refractivity contribution in [1.29, 1.82) is 0 Å². The van der Waals surface area contributed by atoms with Gasteiger partial charge in [0.1, 0.15) is 6.33 Å². The summed E-state index contributed by atoms with van der Waals surface area (Å²) in [6.45, 7) is 4.85. The molecule has 2 aromatic heterocycles. The molecule has 1 unspecified atom stereocenters. The van der Waals surface area contributed by atoms with Crippen molar-refractivity contribution in [2.24, 2.45) is 0 Å². The predicted molar refractivity (Wildman–Crippen MR) is 76.1 cm³/mol. The SMILES string of the molecule is CCNc1nc(N(C)CC(C)O)nc(-n2ccnc2)n1. The predicted octanol–water partition coefficient (Wildman–Crippen LogP) is 0.306. The molecule has 0 saturated heterocycles. The van der Waals surface area contributed by atoms with Crippen LogP contribution in [-0.2, 0) is 0 Å². The molecule has 1 atom stereocenters. The van der Waals surface area contributed by atoms with Crippen LogP contribution in [0.2, 0.25) is 0 Å². The molecule has 2 rings (SSSR count). The second kappa shape index (κ2) is 6.29. The highest BCUT2D eigenvalue weighted by Crippen LogP contribution is 2.12. The Labute approximate surface area is 117 Å². The van der Waals surface area contributed by atoms with E-state index in [1.54, 1.807) is 35.1 Å². The van der Waals surface area contributed by atoms with E-state index in [9.17, 15) is 5.11 Å². The maximum absolute atomic E-state index is 9.47. The molecule has 8 heteroatoms. The van der Waals surface area contributed by atoms with Gasteiger partial charge in [-0.05, 0) is 13.8 Å². The van der Waals surface area contributed by atoms with Gasteiger partial charge in [-0.15, -0.1) is 0 Å². The van der Waals surface area contributed by atoms with Crippen molar-refractivity contribution in [1.82, 2.24) is 24.5 Å². The van der Waals surface area contributed by atoms with E-state index in [2.05, 4.69) is 25.3 Å². The Hall–Kier alpha value is -2.22. The molecule has 2 N–H and O–H groups in total. The van der Waals surface area contributed by atoms with E-state index >= 15 is 0 Å². The molecule has 0 spiro atoms. The van der Waals surface area contributed by atoms with Crippen LogP contribution >= 0.6 is 0 Å². The monoisotopic (exact) mass is 277 g/mol. The summed E-state index contributed by atoms with van der Waals surface area (Å²) < 4.78 is 1.71. The van der Waals surface area contributed by atoms with E-state index in [0.717, 1.165) is 0 Å². The van der Waals surface area contributed by atoms with E-state index in [0.29, 0.717) is 30.9 Å². The fourth-order valence-corrected chi connectivity index (χ4v) is 1.73. The molecule has 0 fully saturated rings. The summed E-state index contributed by atoms with van der Waals surface area (Å²) in [6, 6.07) is 0. The largest absolute Gasteiger partial charge is 0.392 e. The first-order valence-electron chi connectivity index (χ1n) is 6.47. The van der Waals surface area contributed by atoms with Crippen LogP contribution in [0.25, 0.3) is 5.95 Å². The third-order valence-corrected chi connectivity index (χ3v) is 2.56. The van der Waals surface area contributed by atoms with Crippen LogP contribution in [0.15, 0.2) is 18.7 Å². The molecule has 2 aromatic rings. The average Bonchev–Trinajstić information content (AvgIpc) is 2.92. The van der Waals surface area contributed by atoms with Crippen LogP contribution in [0, 0.1) is 0 Å². The quantitative estimate of drug-likeness (QED) is 0.784. The minimum absolute atomic E-state index is 0.443.